The minimum Gasteiger partial charge on any atom is -0.250 e. The molecule has 92 valence electrons. The molecule has 0 saturated carbocycles. The van der Waals surface area contributed by atoms with Crippen molar-refractivity contribution in [2.24, 2.45) is 0 Å². The van der Waals surface area contributed by atoms with Crippen LogP contribution in [0.25, 0.3) is 0 Å². The summed E-state index contributed by atoms with van der Waals surface area (Å²) < 4.78 is 0. The van der Waals surface area contributed by atoms with E-state index >= 15 is 0 Å². The maximum Gasteiger partial charge on any atom is 0.0993 e. The summed E-state index contributed by atoms with van der Waals surface area (Å²) in [5.41, 5.74) is 0.699. The van der Waals surface area contributed by atoms with E-state index in [-0.39, 0.29) is 0 Å². The van der Waals surface area contributed by atoms with Gasteiger partial charge in [-0.25, -0.2) is 4.98 Å². The first kappa shape index (κ1) is 14.1. The van der Waals surface area contributed by atoms with Crippen LogP contribution in [0.3, 0.4) is 0 Å². The van der Waals surface area contributed by atoms with Crippen LogP contribution in [0.15, 0.2) is 23.4 Å². The molecule has 1 rings (SSSR count). The third-order valence-corrected chi connectivity index (χ3v) is 3.62. The lowest BCUT2D eigenvalue weighted by atomic mass is 10.1. The van der Waals surface area contributed by atoms with Gasteiger partial charge in [-0.15, -0.1) is 11.8 Å². The van der Waals surface area contributed by atoms with Crippen LogP contribution in [0.4, 0.5) is 0 Å². The first-order valence-corrected chi connectivity index (χ1v) is 7.34. The predicted octanol–water partition coefficient (Wildman–Crippen LogP) is 4.41. The number of rotatable bonds is 8. The molecule has 3 heteroatoms. The highest BCUT2D eigenvalue weighted by molar-refractivity contribution is 7.99. The number of hydrogen-bond acceptors (Lipinski definition) is 3. The molecule has 0 radical (unpaired) electrons. The van der Waals surface area contributed by atoms with Crippen LogP contribution in [-0.2, 0) is 0 Å². The lowest BCUT2D eigenvalue weighted by Crippen LogP contribution is -1.86. The van der Waals surface area contributed by atoms with E-state index < -0.39 is 0 Å². The Kier molecular flexibility index (Phi) is 7.49. The summed E-state index contributed by atoms with van der Waals surface area (Å²) in [6.45, 7) is 2.24. The SMILES string of the molecule is CCCCCCCCSc1cc(C#N)ccn1. The van der Waals surface area contributed by atoms with E-state index in [1.54, 1.807) is 24.0 Å². The summed E-state index contributed by atoms with van der Waals surface area (Å²) in [6, 6.07) is 5.75. The maximum atomic E-state index is 8.77. The molecule has 0 amide bonds. The Bertz CT molecular complexity index is 357. The summed E-state index contributed by atoms with van der Waals surface area (Å²) in [7, 11) is 0. The molecule has 0 aliphatic heterocycles. The van der Waals surface area contributed by atoms with Crippen molar-refractivity contribution in [3.63, 3.8) is 0 Å². The van der Waals surface area contributed by atoms with Crippen LogP contribution in [0.5, 0.6) is 0 Å². The molecule has 0 aliphatic carbocycles. The predicted molar refractivity (Wildman–Crippen MR) is 73.1 cm³/mol. The normalized spacial score (nSPS) is 10.1. The Morgan fingerprint density at radius 2 is 2.00 bits per heavy atom. The molecule has 0 unspecified atom stereocenters. The third kappa shape index (κ3) is 6.33. The summed E-state index contributed by atoms with van der Waals surface area (Å²) >= 11 is 1.75. The molecule has 1 aromatic heterocycles. The molecule has 0 saturated heterocycles. The fourth-order valence-electron chi connectivity index (χ4n) is 1.62. The molecule has 0 aromatic carbocycles. The zero-order chi connectivity index (χ0) is 12.3. The second-order valence-corrected chi connectivity index (χ2v) is 5.23. The van der Waals surface area contributed by atoms with Crippen LogP contribution in [-0.4, -0.2) is 10.7 Å². The Morgan fingerprint density at radius 1 is 1.24 bits per heavy atom. The van der Waals surface area contributed by atoms with Gasteiger partial charge in [-0.3, -0.25) is 0 Å². The fourth-order valence-corrected chi connectivity index (χ4v) is 2.52. The summed E-state index contributed by atoms with van der Waals surface area (Å²) in [4.78, 5) is 4.25. The van der Waals surface area contributed by atoms with Crippen LogP contribution in [0, 0.1) is 11.3 Å². The highest BCUT2D eigenvalue weighted by atomic mass is 32.2. The lowest BCUT2D eigenvalue weighted by Gasteiger charge is -2.01. The van der Waals surface area contributed by atoms with Gasteiger partial charge in [-0.2, -0.15) is 5.26 Å². The number of unbranched alkanes of at least 4 members (excludes halogenated alkanes) is 5. The molecule has 1 heterocycles. The highest BCUT2D eigenvalue weighted by Crippen LogP contribution is 2.18. The number of aromatic nitrogens is 1. The van der Waals surface area contributed by atoms with Crippen LogP contribution in [0.1, 0.15) is 51.0 Å². The van der Waals surface area contributed by atoms with Crippen molar-refractivity contribution < 1.29 is 0 Å². The van der Waals surface area contributed by atoms with Crippen molar-refractivity contribution in [1.29, 1.82) is 5.26 Å². The van der Waals surface area contributed by atoms with Crippen LogP contribution >= 0.6 is 11.8 Å². The molecule has 0 bridgehead atoms. The molecule has 0 N–H and O–H groups in total. The Labute approximate surface area is 108 Å². The maximum absolute atomic E-state index is 8.77. The standard InChI is InChI=1S/C14H20N2S/c1-2-3-4-5-6-7-10-17-14-11-13(12-15)8-9-16-14/h8-9,11H,2-7,10H2,1H3. The van der Waals surface area contributed by atoms with Gasteiger partial charge in [0.1, 0.15) is 0 Å². The zero-order valence-corrected chi connectivity index (χ0v) is 11.3. The minimum absolute atomic E-state index is 0.699. The van der Waals surface area contributed by atoms with Crippen molar-refractivity contribution in [3.8, 4) is 6.07 Å². The van der Waals surface area contributed by atoms with Gasteiger partial charge in [0.05, 0.1) is 16.7 Å². The van der Waals surface area contributed by atoms with Gasteiger partial charge in [0.25, 0.3) is 0 Å². The van der Waals surface area contributed by atoms with Crippen LogP contribution in [0.2, 0.25) is 0 Å². The smallest absolute Gasteiger partial charge is 0.0993 e. The van der Waals surface area contributed by atoms with Gasteiger partial charge >= 0.3 is 0 Å². The van der Waals surface area contributed by atoms with E-state index in [1.807, 2.05) is 6.07 Å². The highest BCUT2D eigenvalue weighted by Gasteiger charge is 1.97. The molecule has 0 atom stereocenters. The number of thioether (sulfide) groups is 1. The van der Waals surface area contributed by atoms with Crippen molar-refractivity contribution in [2.45, 2.75) is 50.5 Å². The van der Waals surface area contributed by atoms with E-state index in [0.717, 1.165) is 10.8 Å². The molecule has 17 heavy (non-hydrogen) atoms. The number of nitriles is 1. The minimum atomic E-state index is 0.699. The van der Waals surface area contributed by atoms with Crippen molar-refractivity contribution in [1.82, 2.24) is 4.98 Å². The first-order chi connectivity index (χ1) is 8.36. The van der Waals surface area contributed by atoms with Gasteiger partial charge in [0.15, 0.2) is 0 Å². The Balaban J connectivity index is 2.12. The van der Waals surface area contributed by atoms with E-state index in [9.17, 15) is 0 Å². The van der Waals surface area contributed by atoms with Crippen molar-refractivity contribution in [3.05, 3.63) is 23.9 Å². The Morgan fingerprint density at radius 3 is 2.76 bits per heavy atom. The van der Waals surface area contributed by atoms with Crippen molar-refractivity contribution in [2.75, 3.05) is 5.75 Å². The average molecular weight is 248 g/mol. The zero-order valence-electron chi connectivity index (χ0n) is 10.5. The monoisotopic (exact) mass is 248 g/mol. The number of nitrogens with zero attached hydrogens (tertiary/aromatic N) is 2. The lowest BCUT2D eigenvalue weighted by molar-refractivity contribution is 0.627. The fraction of sp³-hybridized carbons (Fsp3) is 0.571. The third-order valence-electron chi connectivity index (χ3n) is 2.61. The summed E-state index contributed by atoms with van der Waals surface area (Å²) in [5, 5.41) is 9.74. The summed E-state index contributed by atoms with van der Waals surface area (Å²) in [5.74, 6) is 1.11. The van der Waals surface area contributed by atoms with Gasteiger partial charge < -0.3 is 0 Å². The second-order valence-electron chi connectivity index (χ2n) is 4.11. The van der Waals surface area contributed by atoms with E-state index in [2.05, 4.69) is 18.0 Å². The van der Waals surface area contributed by atoms with Gasteiger partial charge in [0, 0.05) is 6.20 Å². The number of pyridine rings is 1. The molecule has 0 fully saturated rings. The Hall–Kier alpha value is -1.01. The molecular formula is C14H20N2S. The number of hydrogen-bond donors (Lipinski definition) is 0. The average Bonchev–Trinajstić information content (AvgIpc) is 2.38. The topological polar surface area (TPSA) is 36.7 Å². The van der Waals surface area contributed by atoms with Gasteiger partial charge in [-0.1, -0.05) is 39.0 Å². The van der Waals surface area contributed by atoms with Gasteiger partial charge in [-0.05, 0) is 24.3 Å². The largest absolute Gasteiger partial charge is 0.250 e. The quantitative estimate of drug-likeness (QED) is 0.505. The van der Waals surface area contributed by atoms with E-state index in [1.165, 1.54) is 38.5 Å². The van der Waals surface area contributed by atoms with Crippen molar-refractivity contribution >= 4 is 11.8 Å². The van der Waals surface area contributed by atoms with Crippen LogP contribution < -0.4 is 0 Å². The molecule has 0 aliphatic rings. The molecule has 1 aromatic rings. The summed E-state index contributed by atoms with van der Waals surface area (Å²) in [6.07, 6.45) is 9.64. The van der Waals surface area contributed by atoms with E-state index in [4.69, 9.17) is 5.26 Å². The van der Waals surface area contributed by atoms with E-state index in [0.29, 0.717) is 5.56 Å². The molecular weight excluding hydrogens is 228 g/mol. The second kappa shape index (κ2) is 9.07. The van der Waals surface area contributed by atoms with Gasteiger partial charge in [0.2, 0.25) is 0 Å². The molecule has 0 spiro atoms. The first-order valence-electron chi connectivity index (χ1n) is 6.35. The molecule has 2 nitrogen and oxygen atoms in total.